The highest BCUT2D eigenvalue weighted by molar-refractivity contribution is 7.09. The first-order chi connectivity index (χ1) is 17.0. The molecule has 0 saturated heterocycles. The zero-order valence-electron chi connectivity index (χ0n) is 19.5. The van der Waals surface area contributed by atoms with E-state index in [1.54, 1.807) is 21.1 Å². The van der Waals surface area contributed by atoms with E-state index in [9.17, 15) is 19.7 Å². The smallest absolute Gasteiger partial charge is 0.269 e. The number of thiophene rings is 1. The van der Waals surface area contributed by atoms with Gasteiger partial charge < -0.3 is 9.80 Å². The molecule has 1 heterocycles. The molecule has 0 aliphatic heterocycles. The van der Waals surface area contributed by atoms with Gasteiger partial charge in [0.05, 0.1) is 11.5 Å². The Morgan fingerprint density at radius 2 is 1.63 bits per heavy atom. The Hall–Kier alpha value is -3.52. The van der Waals surface area contributed by atoms with Crippen molar-refractivity contribution >= 4 is 28.8 Å². The molecule has 0 bridgehead atoms. The molecule has 0 N–H and O–H groups in total. The predicted octanol–water partition coefficient (Wildman–Crippen LogP) is 5.66. The van der Waals surface area contributed by atoms with Crippen LogP contribution in [-0.4, -0.2) is 39.1 Å². The first kappa shape index (κ1) is 24.6. The van der Waals surface area contributed by atoms with E-state index in [4.69, 9.17) is 0 Å². The van der Waals surface area contributed by atoms with Crippen LogP contribution in [0.15, 0.2) is 72.1 Å². The maximum absolute atomic E-state index is 13.7. The van der Waals surface area contributed by atoms with Crippen molar-refractivity contribution in [2.45, 2.75) is 51.2 Å². The Kier molecular flexibility index (Phi) is 8.26. The summed E-state index contributed by atoms with van der Waals surface area (Å²) in [6.07, 6.45) is 4.88. The summed E-state index contributed by atoms with van der Waals surface area (Å²) in [7, 11) is 0. The van der Waals surface area contributed by atoms with Crippen LogP contribution in [0, 0.1) is 10.1 Å². The minimum atomic E-state index is -0.483. The van der Waals surface area contributed by atoms with Crippen LogP contribution in [-0.2, 0) is 17.9 Å². The largest absolute Gasteiger partial charge is 0.332 e. The minimum Gasteiger partial charge on any atom is -0.332 e. The van der Waals surface area contributed by atoms with Crippen LogP contribution < -0.4 is 0 Å². The number of amides is 2. The molecule has 1 aliphatic carbocycles. The number of rotatable bonds is 9. The predicted molar refractivity (Wildman–Crippen MR) is 136 cm³/mol. The van der Waals surface area contributed by atoms with Gasteiger partial charge in [0.2, 0.25) is 5.91 Å². The third-order valence-electron chi connectivity index (χ3n) is 6.40. The van der Waals surface area contributed by atoms with Crippen molar-refractivity contribution in [2.75, 3.05) is 6.54 Å². The van der Waals surface area contributed by atoms with Crippen LogP contribution in [0.1, 0.15) is 52.9 Å². The summed E-state index contributed by atoms with van der Waals surface area (Å²) in [4.78, 5) is 42.3. The molecule has 35 heavy (non-hydrogen) atoms. The summed E-state index contributed by atoms with van der Waals surface area (Å²) in [6.45, 7) is 0.927. The van der Waals surface area contributed by atoms with E-state index in [0.717, 1.165) is 42.5 Å². The molecule has 0 unspecified atom stereocenters. The fourth-order valence-electron chi connectivity index (χ4n) is 4.52. The highest BCUT2D eigenvalue weighted by Gasteiger charge is 2.30. The van der Waals surface area contributed by atoms with Gasteiger partial charge in [0.25, 0.3) is 11.6 Å². The van der Waals surface area contributed by atoms with E-state index in [1.807, 2.05) is 47.8 Å². The number of hydrogen-bond donors (Lipinski definition) is 0. The lowest BCUT2D eigenvalue weighted by atomic mass is 9.93. The number of hydrogen-bond acceptors (Lipinski definition) is 5. The van der Waals surface area contributed by atoms with Gasteiger partial charge in [0.15, 0.2) is 0 Å². The molecule has 1 fully saturated rings. The van der Waals surface area contributed by atoms with E-state index in [2.05, 4.69) is 0 Å². The number of non-ortho nitro benzene ring substituents is 1. The summed E-state index contributed by atoms with van der Waals surface area (Å²) in [5.41, 5.74) is 1.33. The Balaban J connectivity index is 1.57. The lowest BCUT2D eigenvalue weighted by molar-refractivity contribution is -0.384. The lowest BCUT2D eigenvalue weighted by Gasteiger charge is -2.35. The van der Waals surface area contributed by atoms with Crippen molar-refractivity contribution < 1.29 is 14.5 Å². The second-order valence-corrected chi connectivity index (χ2v) is 9.88. The molecule has 7 nitrogen and oxygen atoms in total. The van der Waals surface area contributed by atoms with Crippen LogP contribution in [0.25, 0.3) is 0 Å². The molecule has 8 heteroatoms. The average molecular weight is 492 g/mol. The SMILES string of the molecule is O=C(CN(C(=O)c1ccc([N+](=O)[O-])cc1)C1CCCCC1)N(Cc1ccccc1)Cc1cccs1. The first-order valence-electron chi connectivity index (χ1n) is 11.9. The molecule has 4 rings (SSSR count). The number of nitro groups is 1. The molecule has 1 aliphatic rings. The van der Waals surface area contributed by atoms with Gasteiger partial charge in [-0.25, -0.2) is 0 Å². The Morgan fingerprint density at radius 3 is 2.26 bits per heavy atom. The second kappa shape index (κ2) is 11.8. The summed E-state index contributed by atoms with van der Waals surface area (Å²) in [6, 6.07) is 19.4. The third-order valence-corrected chi connectivity index (χ3v) is 7.26. The number of nitrogens with zero attached hydrogens (tertiary/aromatic N) is 3. The maximum Gasteiger partial charge on any atom is 0.269 e. The molecule has 2 aromatic carbocycles. The molecule has 1 saturated carbocycles. The third kappa shape index (κ3) is 6.54. The van der Waals surface area contributed by atoms with E-state index >= 15 is 0 Å². The molecule has 2 amide bonds. The Bertz CT molecular complexity index is 1130. The van der Waals surface area contributed by atoms with Gasteiger partial charge in [0, 0.05) is 35.2 Å². The van der Waals surface area contributed by atoms with Gasteiger partial charge in [-0.05, 0) is 42.0 Å². The summed E-state index contributed by atoms with van der Waals surface area (Å²) >= 11 is 1.60. The molecule has 1 aromatic heterocycles. The molecule has 0 radical (unpaired) electrons. The lowest BCUT2D eigenvalue weighted by Crippen LogP contribution is -2.48. The van der Waals surface area contributed by atoms with Gasteiger partial charge in [0.1, 0.15) is 6.54 Å². The van der Waals surface area contributed by atoms with Crippen LogP contribution in [0.3, 0.4) is 0 Å². The summed E-state index contributed by atoms with van der Waals surface area (Å²) in [5.74, 6) is -0.362. The van der Waals surface area contributed by atoms with Crippen LogP contribution in [0.5, 0.6) is 0 Å². The molecule has 0 spiro atoms. The number of benzene rings is 2. The van der Waals surface area contributed by atoms with Gasteiger partial charge in [-0.15, -0.1) is 11.3 Å². The fourth-order valence-corrected chi connectivity index (χ4v) is 5.24. The van der Waals surface area contributed by atoms with Crippen molar-refractivity contribution in [3.05, 3.63) is 98.2 Å². The molecular formula is C27H29N3O4S. The van der Waals surface area contributed by atoms with Crippen molar-refractivity contribution in [2.24, 2.45) is 0 Å². The number of nitro benzene ring substituents is 1. The van der Waals surface area contributed by atoms with E-state index < -0.39 is 4.92 Å². The molecule has 0 atom stereocenters. The standard InChI is InChI=1S/C27H29N3O4S/c31-26(28(19-25-12-7-17-35-25)18-21-8-3-1-4-9-21)20-29(23-10-5-2-6-11-23)27(32)22-13-15-24(16-14-22)30(33)34/h1,3-4,7-9,12-17,23H,2,5-6,10-11,18-20H2. The van der Waals surface area contributed by atoms with Crippen LogP contribution >= 0.6 is 11.3 Å². The molecule has 3 aromatic rings. The van der Waals surface area contributed by atoms with E-state index in [0.29, 0.717) is 18.7 Å². The zero-order chi connectivity index (χ0) is 24.6. The highest BCUT2D eigenvalue weighted by Crippen LogP contribution is 2.25. The maximum atomic E-state index is 13.7. The number of carbonyl (C=O) groups excluding carboxylic acids is 2. The number of carbonyl (C=O) groups is 2. The van der Waals surface area contributed by atoms with Gasteiger partial charge in [-0.1, -0.05) is 55.7 Å². The Morgan fingerprint density at radius 1 is 0.914 bits per heavy atom. The van der Waals surface area contributed by atoms with Crippen molar-refractivity contribution in [3.63, 3.8) is 0 Å². The topological polar surface area (TPSA) is 83.8 Å². The molecular weight excluding hydrogens is 462 g/mol. The minimum absolute atomic E-state index is 0.0152. The second-order valence-electron chi connectivity index (χ2n) is 8.84. The first-order valence-corrected chi connectivity index (χ1v) is 12.8. The summed E-state index contributed by atoms with van der Waals surface area (Å²) < 4.78 is 0. The van der Waals surface area contributed by atoms with Crippen molar-refractivity contribution in [3.8, 4) is 0 Å². The summed E-state index contributed by atoms with van der Waals surface area (Å²) in [5, 5.41) is 13.0. The monoisotopic (exact) mass is 491 g/mol. The van der Waals surface area contributed by atoms with Gasteiger partial charge >= 0.3 is 0 Å². The fraction of sp³-hybridized carbons (Fsp3) is 0.333. The van der Waals surface area contributed by atoms with E-state index in [1.165, 1.54) is 24.3 Å². The highest BCUT2D eigenvalue weighted by atomic mass is 32.1. The normalized spacial score (nSPS) is 13.8. The Labute approximate surface area is 209 Å². The van der Waals surface area contributed by atoms with Crippen LogP contribution in [0.4, 0.5) is 5.69 Å². The van der Waals surface area contributed by atoms with Crippen molar-refractivity contribution in [1.82, 2.24) is 9.80 Å². The zero-order valence-corrected chi connectivity index (χ0v) is 20.4. The van der Waals surface area contributed by atoms with Crippen LogP contribution in [0.2, 0.25) is 0 Å². The molecule has 182 valence electrons. The van der Waals surface area contributed by atoms with Gasteiger partial charge in [-0.3, -0.25) is 19.7 Å². The van der Waals surface area contributed by atoms with Crippen molar-refractivity contribution in [1.29, 1.82) is 0 Å². The quantitative estimate of drug-likeness (QED) is 0.286. The average Bonchev–Trinajstić information content (AvgIpc) is 3.41. The van der Waals surface area contributed by atoms with Gasteiger partial charge in [-0.2, -0.15) is 0 Å². The van der Waals surface area contributed by atoms with E-state index in [-0.39, 0.29) is 30.1 Å².